The summed E-state index contributed by atoms with van der Waals surface area (Å²) in [6.45, 7) is 0.449. The molecule has 0 saturated carbocycles. The fraction of sp³-hybridized carbons (Fsp3) is 0.381. The molecule has 0 bridgehead atoms. The van der Waals surface area contributed by atoms with Gasteiger partial charge in [-0.3, -0.25) is 4.79 Å². The van der Waals surface area contributed by atoms with Crippen molar-refractivity contribution < 1.29 is 32.2 Å². The quantitative estimate of drug-likeness (QED) is 0.488. The smallest absolute Gasteiger partial charge is 0.314 e. The highest BCUT2D eigenvalue weighted by molar-refractivity contribution is 7.89. The normalized spacial score (nSPS) is 15.4. The highest BCUT2D eigenvalue weighted by atomic mass is 32.2. The Morgan fingerprint density at radius 1 is 0.867 bits per heavy atom. The SMILES string of the molecule is COc1ccc(S(=O)(=O)N2CCC(C(=O)Oc3ccccc3OC)CC2)cc1OC. The molecule has 0 radical (unpaired) electrons. The molecule has 1 aliphatic rings. The lowest BCUT2D eigenvalue weighted by molar-refractivity contribution is -0.140. The van der Waals surface area contributed by atoms with E-state index in [0.717, 1.165) is 0 Å². The second kappa shape index (κ2) is 9.36. The lowest BCUT2D eigenvalue weighted by atomic mass is 9.98. The van der Waals surface area contributed by atoms with Crippen molar-refractivity contribution in [2.75, 3.05) is 34.4 Å². The minimum atomic E-state index is -3.71. The largest absolute Gasteiger partial charge is 0.493 e. The number of nitrogens with zero attached hydrogens (tertiary/aromatic N) is 1. The van der Waals surface area contributed by atoms with Gasteiger partial charge < -0.3 is 18.9 Å². The van der Waals surface area contributed by atoms with Crippen LogP contribution < -0.4 is 18.9 Å². The van der Waals surface area contributed by atoms with Crippen LogP contribution >= 0.6 is 0 Å². The molecule has 0 aliphatic carbocycles. The average molecular weight is 435 g/mol. The number of para-hydroxylation sites is 2. The number of sulfonamides is 1. The lowest BCUT2D eigenvalue weighted by Gasteiger charge is -2.30. The average Bonchev–Trinajstić information content (AvgIpc) is 2.78. The summed E-state index contributed by atoms with van der Waals surface area (Å²) < 4.78 is 48.4. The molecule has 162 valence electrons. The van der Waals surface area contributed by atoms with Crippen molar-refractivity contribution >= 4 is 16.0 Å². The van der Waals surface area contributed by atoms with Crippen LogP contribution in [0.15, 0.2) is 47.4 Å². The number of hydrogen-bond acceptors (Lipinski definition) is 7. The van der Waals surface area contributed by atoms with E-state index in [0.29, 0.717) is 35.8 Å². The van der Waals surface area contributed by atoms with E-state index >= 15 is 0 Å². The van der Waals surface area contributed by atoms with E-state index in [2.05, 4.69) is 0 Å². The number of carbonyl (C=O) groups is 1. The van der Waals surface area contributed by atoms with Gasteiger partial charge in [0.25, 0.3) is 0 Å². The summed E-state index contributed by atoms with van der Waals surface area (Å²) in [5.74, 6) is 0.849. The number of esters is 1. The first-order chi connectivity index (χ1) is 14.4. The van der Waals surface area contributed by atoms with Crippen molar-refractivity contribution in [2.24, 2.45) is 5.92 Å². The summed E-state index contributed by atoms with van der Waals surface area (Å²) in [5, 5.41) is 0. The number of ether oxygens (including phenoxy) is 4. The third kappa shape index (κ3) is 4.52. The van der Waals surface area contributed by atoms with Crippen LogP contribution in [-0.2, 0) is 14.8 Å². The molecule has 9 heteroatoms. The summed E-state index contributed by atoms with van der Waals surface area (Å²) in [6, 6.07) is 11.4. The number of piperidine rings is 1. The van der Waals surface area contributed by atoms with E-state index in [-0.39, 0.29) is 29.9 Å². The van der Waals surface area contributed by atoms with Gasteiger partial charge in [-0.1, -0.05) is 12.1 Å². The fourth-order valence-electron chi connectivity index (χ4n) is 3.35. The second-order valence-electron chi connectivity index (χ2n) is 6.77. The molecule has 0 amide bonds. The zero-order valence-corrected chi connectivity index (χ0v) is 18.0. The monoisotopic (exact) mass is 435 g/mol. The van der Waals surface area contributed by atoms with Crippen molar-refractivity contribution in [3.05, 3.63) is 42.5 Å². The van der Waals surface area contributed by atoms with Gasteiger partial charge in [0.15, 0.2) is 23.0 Å². The maximum Gasteiger partial charge on any atom is 0.314 e. The molecule has 3 rings (SSSR count). The van der Waals surface area contributed by atoms with Crippen LogP contribution in [0.3, 0.4) is 0 Å². The fourth-order valence-corrected chi connectivity index (χ4v) is 4.84. The van der Waals surface area contributed by atoms with Gasteiger partial charge >= 0.3 is 5.97 Å². The minimum absolute atomic E-state index is 0.121. The molecule has 0 aromatic heterocycles. The molecular formula is C21H25NO7S. The molecule has 1 heterocycles. The maximum absolute atomic E-state index is 13.0. The van der Waals surface area contributed by atoms with Gasteiger partial charge in [-0.25, -0.2) is 8.42 Å². The molecule has 1 saturated heterocycles. The molecule has 2 aromatic rings. The molecular weight excluding hydrogens is 410 g/mol. The van der Waals surface area contributed by atoms with Crippen LogP contribution in [0.4, 0.5) is 0 Å². The van der Waals surface area contributed by atoms with Crippen molar-refractivity contribution in [1.82, 2.24) is 4.31 Å². The molecule has 0 unspecified atom stereocenters. The number of rotatable bonds is 7. The number of methoxy groups -OCH3 is 3. The highest BCUT2D eigenvalue weighted by Crippen LogP contribution is 2.33. The summed E-state index contributed by atoms with van der Waals surface area (Å²) in [7, 11) is 0.730. The number of carbonyl (C=O) groups excluding carboxylic acids is 1. The van der Waals surface area contributed by atoms with Crippen LogP contribution in [0.5, 0.6) is 23.0 Å². The first kappa shape index (κ1) is 21.9. The van der Waals surface area contributed by atoms with Crippen LogP contribution in [-0.4, -0.2) is 53.1 Å². The van der Waals surface area contributed by atoms with E-state index in [1.807, 2.05) is 0 Å². The molecule has 2 aromatic carbocycles. The Bertz CT molecular complexity index is 998. The third-order valence-corrected chi connectivity index (χ3v) is 6.95. The van der Waals surface area contributed by atoms with Crippen molar-refractivity contribution in [3.63, 3.8) is 0 Å². The second-order valence-corrected chi connectivity index (χ2v) is 8.71. The topological polar surface area (TPSA) is 91.4 Å². The number of hydrogen-bond donors (Lipinski definition) is 0. The molecule has 0 N–H and O–H groups in total. The van der Waals surface area contributed by atoms with Crippen molar-refractivity contribution in [1.29, 1.82) is 0 Å². The van der Waals surface area contributed by atoms with Crippen molar-refractivity contribution in [2.45, 2.75) is 17.7 Å². The van der Waals surface area contributed by atoms with Gasteiger partial charge in [0.05, 0.1) is 32.1 Å². The summed E-state index contributed by atoms with van der Waals surface area (Å²) in [4.78, 5) is 12.7. The van der Waals surface area contributed by atoms with E-state index in [4.69, 9.17) is 18.9 Å². The van der Waals surface area contributed by atoms with E-state index in [1.165, 1.54) is 37.8 Å². The predicted molar refractivity (Wildman–Crippen MR) is 110 cm³/mol. The predicted octanol–water partition coefficient (Wildman–Crippen LogP) is 2.72. The Hall–Kier alpha value is -2.78. The van der Waals surface area contributed by atoms with Crippen LogP contribution in [0.25, 0.3) is 0 Å². The van der Waals surface area contributed by atoms with Gasteiger partial charge in [0.2, 0.25) is 10.0 Å². The molecule has 8 nitrogen and oxygen atoms in total. The zero-order chi connectivity index (χ0) is 21.7. The van der Waals surface area contributed by atoms with Gasteiger partial charge in [-0.15, -0.1) is 0 Å². The Balaban J connectivity index is 1.66. The summed E-state index contributed by atoms with van der Waals surface area (Å²) >= 11 is 0. The number of benzene rings is 2. The molecule has 0 spiro atoms. The molecule has 0 atom stereocenters. The summed E-state index contributed by atoms with van der Waals surface area (Å²) in [5.41, 5.74) is 0. The van der Waals surface area contributed by atoms with E-state index in [9.17, 15) is 13.2 Å². The lowest BCUT2D eigenvalue weighted by Crippen LogP contribution is -2.41. The van der Waals surface area contributed by atoms with E-state index in [1.54, 1.807) is 30.3 Å². The Labute approximate surface area is 176 Å². The van der Waals surface area contributed by atoms with Crippen LogP contribution in [0.2, 0.25) is 0 Å². The summed E-state index contributed by atoms with van der Waals surface area (Å²) in [6.07, 6.45) is 0.751. The Morgan fingerprint density at radius 2 is 1.43 bits per heavy atom. The Kier molecular flexibility index (Phi) is 6.84. The highest BCUT2D eigenvalue weighted by Gasteiger charge is 2.33. The van der Waals surface area contributed by atoms with E-state index < -0.39 is 10.0 Å². The van der Waals surface area contributed by atoms with Crippen LogP contribution in [0, 0.1) is 5.92 Å². The van der Waals surface area contributed by atoms with Gasteiger partial charge in [0.1, 0.15) is 0 Å². The zero-order valence-electron chi connectivity index (χ0n) is 17.2. The van der Waals surface area contributed by atoms with Gasteiger partial charge in [0, 0.05) is 19.2 Å². The third-order valence-electron chi connectivity index (χ3n) is 5.06. The van der Waals surface area contributed by atoms with Gasteiger partial charge in [-0.2, -0.15) is 4.31 Å². The molecule has 30 heavy (non-hydrogen) atoms. The standard InChI is InChI=1S/C21H25NO7S/c1-26-17-6-4-5-7-19(17)29-21(23)15-10-12-22(13-11-15)30(24,25)16-8-9-18(27-2)20(14-16)28-3/h4-9,14-15H,10-13H2,1-3H3. The Morgan fingerprint density at radius 3 is 2.03 bits per heavy atom. The molecule has 1 fully saturated rings. The van der Waals surface area contributed by atoms with Gasteiger partial charge in [-0.05, 0) is 37.1 Å². The minimum Gasteiger partial charge on any atom is -0.493 e. The first-order valence-electron chi connectivity index (χ1n) is 9.47. The van der Waals surface area contributed by atoms with Crippen molar-refractivity contribution in [3.8, 4) is 23.0 Å². The maximum atomic E-state index is 13.0. The first-order valence-corrected chi connectivity index (χ1v) is 10.9. The van der Waals surface area contributed by atoms with Crippen LogP contribution in [0.1, 0.15) is 12.8 Å². The molecule has 1 aliphatic heterocycles.